The van der Waals surface area contributed by atoms with Crippen molar-refractivity contribution in [1.82, 2.24) is 4.90 Å². The smallest absolute Gasteiger partial charge is 0.338 e. The summed E-state index contributed by atoms with van der Waals surface area (Å²) in [5.74, 6) is -1.70. The van der Waals surface area contributed by atoms with Gasteiger partial charge in [0.2, 0.25) is 0 Å². The zero-order valence-corrected chi connectivity index (χ0v) is 13.1. The van der Waals surface area contributed by atoms with Crippen molar-refractivity contribution in [1.29, 1.82) is 0 Å². The highest BCUT2D eigenvalue weighted by Gasteiger charge is 2.37. The molecule has 1 aromatic carbocycles. The highest BCUT2D eigenvalue weighted by Crippen LogP contribution is 2.22. The Labute approximate surface area is 137 Å². The molecule has 132 valence electrons. The first-order valence-corrected chi connectivity index (χ1v) is 6.75. The third-order valence-corrected chi connectivity index (χ3v) is 3.70. The minimum atomic E-state index is -1.66. The standard InChI is InChI=1S/C14H18N2O8/c1-15(14(6-17,7-18)8-19)12(20)9-3-10(13(21)24-2)5-11(4-9)16(22)23/h3-5,17-19H,6-8H2,1-2H3. The molecule has 0 spiro atoms. The summed E-state index contributed by atoms with van der Waals surface area (Å²) in [4.78, 5) is 35.2. The molecular weight excluding hydrogens is 324 g/mol. The summed E-state index contributed by atoms with van der Waals surface area (Å²) in [5.41, 5.74) is -2.59. The molecule has 24 heavy (non-hydrogen) atoms. The fourth-order valence-electron chi connectivity index (χ4n) is 1.95. The maximum absolute atomic E-state index is 12.5. The van der Waals surface area contributed by atoms with Crippen molar-refractivity contribution < 1.29 is 34.6 Å². The predicted molar refractivity (Wildman–Crippen MR) is 80.5 cm³/mol. The fraction of sp³-hybridized carbons (Fsp3) is 0.429. The Kier molecular flexibility index (Phi) is 6.35. The number of rotatable bonds is 7. The largest absolute Gasteiger partial charge is 0.465 e. The van der Waals surface area contributed by atoms with E-state index in [0.29, 0.717) is 0 Å². The number of ether oxygens (including phenoxy) is 1. The quantitative estimate of drug-likeness (QED) is 0.330. The number of nitrogens with zero attached hydrogens (tertiary/aromatic N) is 2. The zero-order valence-electron chi connectivity index (χ0n) is 13.1. The molecule has 0 saturated heterocycles. The Morgan fingerprint density at radius 2 is 1.67 bits per heavy atom. The summed E-state index contributed by atoms with van der Waals surface area (Å²) in [7, 11) is 2.30. The Morgan fingerprint density at radius 3 is 2.08 bits per heavy atom. The molecule has 0 saturated carbocycles. The second-order valence-electron chi connectivity index (χ2n) is 5.08. The molecule has 1 aromatic rings. The molecule has 0 aliphatic carbocycles. The van der Waals surface area contributed by atoms with Gasteiger partial charge in [0, 0.05) is 24.7 Å². The highest BCUT2D eigenvalue weighted by atomic mass is 16.6. The number of methoxy groups -OCH3 is 1. The Morgan fingerprint density at radius 1 is 1.17 bits per heavy atom. The molecule has 0 unspecified atom stereocenters. The number of esters is 1. The van der Waals surface area contributed by atoms with E-state index in [9.17, 15) is 35.0 Å². The van der Waals surface area contributed by atoms with Gasteiger partial charge in [-0.3, -0.25) is 14.9 Å². The van der Waals surface area contributed by atoms with Gasteiger partial charge in [0.05, 0.1) is 37.4 Å². The van der Waals surface area contributed by atoms with Crippen LogP contribution < -0.4 is 0 Å². The maximum atomic E-state index is 12.5. The lowest BCUT2D eigenvalue weighted by molar-refractivity contribution is -0.384. The summed E-state index contributed by atoms with van der Waals surface area (Å²) < 4.78 is 4.49. The Bertz CT molecular complexity index is 633. The van der Waals surface area contributed by atoms with Crippen LogP contribution in [0.4, 0.5) is 5.69 Å². The number of hydrogen-bond donors (Lipinski definition) is 3. The van der Waals surface area contributed by atoms with Crippen LogP contribution in [0.5, 0.6) is 0 Å². The van der Waals surface area contributed by atoms with Crippen molar-refractivity contribution in [2.45, 2.75) is 5.54 Å². The van der Waals surface area contributed by atoms with E-state index < -0.39 is 47.8 Å². The normalized spacial score (nSPS) is 11.0. The van der Waals surface area contributed by atoms with E-state index in [4.69, 9.17) is 0 Å². The van der Waals surface area contributed by atoms with Gasteiger partial charge in [-0.1, -0.05) is 0 Å². The van der Waals surface area contributed by atoms with E-state index in [1.807, 2.05) is 0 Å². The number of nitro groups is 1. The van der Waals surface area contributed by atoms with Crippen LogP contribution in [0.15, 0.2) is 18.2 Å². The number of benzene rings is 1. The van der Waals surface area contributed by atoms with Gasteiger partial charge in [0.1, 0.15) is 5.54 Å². The minimum Gasteiger partial charge on any atom is -0.465 e. The van der Waals surface area contributed by atoms with Gasteiger partial charge in [-0.15, -0.1) is 0 Å². The van der Waals surface area contributed by atoms with E-state index >= 15 is 0 Å². The first-order valence-electron chi connectivity index (χ1n) is 6.75. The van der Waals surface area contributed by atoms with Crippen molar-refractivity contribution >= 4 is 17.6 Å². The molecule has 0 atom stereocenters. The maximum Gasteiger partial charge on any atom is 0.338 e. The number of likely N-dealkylation sites (N-methyl/N-ethyl adjacent to an activating group) is 1. The number of carbonyl (C=O) groups excluding carboxylic acids is 2. The lowest BCUT2D eigenvalue weighted by atomic mass is 9.99. The molecule has 1 amide bonds. The zero-order chi connectivity index (χ0) is 18.5. The van der Waals surface area contributed by atoms with Crippen LogP contribution in [0.1, 0.15) is 20.7 Å². The average Bonchev–Trinajstić information content (AvgIpc) is 2.61. The van der Waals surface area contributed by atoms with Gasteiger partial charge in [-0.25, -0.2) is 4.79 Å². The third kappa shape index (κ3) is 3.67. The van der Waals surface area contributed by atoms with Crippen LogP contribution in [0, 0.1) is 10.1 Å². The first-order chi connectivity index (χ1) is 11.3. The van der Waals surface area contributed by atoms with Crippen molar-refractivity contribution in [3.05, 3.63) is 39.4 Å². The molecule has 1 rings (SSSR count). The second kappa shape index (κ2) is 7.81. The number of aliphatic hydroxyl groups is 3. The van der Waals surface area contributed by atoms with Crippen LogP contribution in [-0.4, -0.2) is 76.5 Å². The van der Waals surface area contributed by atoms with Gasteiger partial charge >= 0.3 is 5.97 Å². The molecular formula is C14H18N2O8. The van der Waals surface area contributed by atoms with Crippen LogP contribution in [-0.2, 0) is 4.74 Å². The van der Waals surface area contributed by atoms with Crippen LogP contribution in [0.25, 0.3) is 0 Å². The number of hydrogen-bond acceptors (Lipinski definition) is 8. The van der Waals surface area contributed by atoms with E-state index in [-0.39, 0.29) is 11.1 Å². The number of carbonyl (C=O) groups is 2. The number of amides is 1. The van der Waals surface area contributed by atoms with Gasteiger partial charge in [0.15, 0.2) is 0 Å². The van der Waals surface area contributed by atoms with E-state index in [1.54, 1.807) is 0 Å². The SMILES string of the molecule is COC(=O)c1cc(C(=O)N(C)C(CO)(CO)CO)cc([N+](=O)[O-])c1. The van der Waals surface area contributed by atoms with Crippen molar-refractivity contribution in [3.63, 3.8) is 0 Å². The number of non-ortho nitro benzene ring substituents is 1. The summed E-state index contributed by atoms with van der Waals surface area (Å²) in [5, 5.41) is 39.1. The molecule has 0 fully saturated rings. The van der Waals surface area contributed by atoms with Crippen LogP contribution in [0.2, 0.25) is 0 Å². The monoisotopic (exact) mass is 342 g/mol. The van der Waals surface area contributed by atoms with Crippen LogP contribution >= 0.6 is 0 Å². The third-order valence-electron chi connectivity index (χ3n) is 3.70. The molecule has 3 N–H and O–H groups in total. The first kappa shape index (κ1) is 19.5. The van der Waals surface area contributed by atoms with Crippen molar-refractivity contribution in [2.75, 3.05) is 34.0 Å². The topological polar surface area (TPSA) is 150 Å². The summed E-state index contributed by atoms with van der Waals surface area (Å²) in [6.45, 7) is -2.21. The summed E-state index contributed by atoms with van der Waals surface area (Å²) in [6, 6.07) is 3.00. The minimum absolute atomic E-state index is 0.203. The van der Waals surface area contributed by atoms with Gasteiger partial charge in [0.25, 0.3) is 11.6 Å². The molecule has 0 aromatic heterocycles. The Balaban J connectivity index is 3.38. The molecule has 0 bridgehead atoms. The Hall–Kier alpha value is -2.56. The average molecular weight is 342 g/mol. The summed E-state index contributed by atoms with van der Waals surface area (Å²) in [6.07, 6.45) is 0. The molecule has 0 aliphatic rings. The molecule has 10 heteroatoms. The van der Waals surface area contributed by atoms with E-state index in [0.717, 1.165) is 30.2 Å². The number of nitro benzene ring substituents is 1. The van der Waals surface area contributed by atoms with Crippen molar-refractivity contribution in [3.8, 4) is 0 Å². The predicted octanol–water partition coefficient (Wildman–Crippen LogP) is -0.831. The van der Waals surface area contributed by atoms with Crippen LogP contribution in [0.3, 0.4) is 0 Å². The van der Waals surface area contributed by atoms with Crippen molar-refractivity contribution in [2.24, 2.45) is 0 Å². The van der Waals surface area contributed by atoms with Gasteiger partial charge in [-0.05, 0) is 6.07 Å². The van der Waals surface area contributed by atoms with E-state index in [2.05, 4.69) is 4.74 Å². The number of aliphatic hydroxyl groups excluding tert-OH is 3. The van der Waals surface area contributed by atoms with Gasteiger partial charge in [-0.2, -0.15) is 0 Å². The lowest BCUT2D eigenvalue weighted by Crippen LogP contribution is -2.57. The molecule has 10 nitrogen and oxygen atoms in total. The molecule has 0 aliphatic heterocycles. The molecule has 0 radical (unpaired) electrons. The fourth-order valence-corrected chi connectivity index (χ4v) is 1.95. The lowest BCUT2D eigenvalue weighted by Gasteiger charge is -2.37. The van der Waals surface area contributed by atoms with E-state index in [1.165, 1.54) is 7.05 Å². The highest BCUT2D eigenvalue weighted by molar-refractivity contribution is 5.99. The summed E-state index contributed by atoms with van der Waals surface area (Å²) >= 11 is 0. The second-order valence-corrected chi connectivity index (χ2v) is 5.08. The molecule has 0 heterocycles. The van der Waals surface area contributed by atoms with Gasteiger partial charge < -0.3 is 25.0 Å².